The second-order valence-electron chi connectivity index (χ2n) is 7.54. The van der Waals surface area contributed by atoms with Crippen LogP contribution in [0.25, 0.3) is 22.1 Å². The van der Waals surface area contributed by atoms with E-state index in [0.717, 1.165) is 27.6 Å². The molecule has 2 amide bonds. The fourth-order valence-electron chi connectivity index (χ4n) is 3.94. The molecule has 0 bridgehead atoms. The van der Waals surface area contributed by atoms with Crippen LogP contribution >= 0.6 is 0 Å². The van der Waals surface area contributed by atoms with Crippen molar-refractivity contribution in [3.8, 4) is 17.0 Å². The molecule has 0 saturated carbocycles. The van der Waals surface area contributed by atoms with Gasteiger partial charge >= 0.3 is 0 Å². The van der Waals surface area contributed by atoms with E-state index >= 15 is 0 Å². The third-order valence-electron chi connectivity index (χ3n) is 5.54. The molecule has 156 valence electrons. The van der Waals surface area contributed by atoms with Crippen molar-refractivity contribution < 1.29 is 18.7 Å². The smallest absolute Gasteiger partial charge is 0.234 e. The zero-order valence-corrected chi connectivity index (χ0v) is 16.9. The Balaban J connectivity index is 1.39. The van der Waals surface area contributed by atoms with Gasteiger partial charge < -0.3 is 9.15 Å². The third-order valence-corrected chi connectivity index (χ3v) is 5.54. The highest BCUT2D eigenvalue weighted by atomic mass is 16.5. The minimum absolute atomic E-state index is 0.224. The van der Waals surface area contributed by atoms with Crippen molar-refractivity contribution in [3.05, 3.63) is 66.3 Å². The maximum absolute atomic E-state index is 12.2. The molecule has 1 aliphatic rings. The van der Waals surface area contributed by atoms with Crippen LogP contribution in [0.4, 0.5) is 0 Å². The zero-order valence-electron chi connectivity index (χ0n) is 16.9. The number of fused-ring (bicyclic) bond motifs is 1. The van der Waals surface area contributed by atoms with Crippen LogP contribution in [0, 0.1) is 0 Å². The van der Waals surface area contributed by atoms with Crippen LogP contribution in [0.2, 0.25) is 0 Å². The number of imide groups is 1. The molecule has 4 heterocycles. The average molecular weight is 416 g/mol. The van der Waals surface area contributed by atoms with Crippen LogP contribution in [0.1, 0.15) is 29.9 Å². The first-order valence-electron chi connectivity index (χ1n) is 9.97. The highest BCUT2D eigenvalue weighted by Crippen LogP contribution is 2.34. The first-order chi connectivity index (χ1) is 15.1. The second kappa shape index (κ2) is 7.71. The molecular weight excluding hydrogens is 396 g/mol. The molecule has 31 heavy (non-hydrogen) atoms. The Morgan fingerprint density at radius 3 is 2.97 bits per heavy atom. The lowest BCUT2D eigenvalue weighted by Gasteiger charge is -2.19. The van der Waals surface area contributed by atoms with Gasteiger partial charge in [-0.15, -0.1) is 0 Å². The molecule has 1 N–H and O–H groups in total. The van der Waals surface area contributed by atoms with Crippen LogP contribution in [0.5, 0.6) is 5.88 Å². The van der Waals surface area contributed by atoms with Crippen LogP contribution in [0.15, 0.2) is 59.6 Å². The number of amides is 2. The molecule has 8 heteroatoms. The summed E-state index contributed by atoms with van der Waals surface area (Å²) in [5.74, 6) is -0.291. The number of piperidine rings is 1. The van der Waals surface area contributed by atoms with Crippen molar-refractivity contribution in [3.63, 3.8) is 0 Å². The molecular formula is C23H20N4O4. The van der Waals surface area contributed by atoms with E-state index in [0.29, 0.717) is 30.8 Å². The number of ether oxygens (including phenoxy) is 1. The van der Waals surface area contributed by atoms with E-state index in [9.17, 15) is 9.59 Å². The first-order valence-corrected chi connectivity index (χ1v) is 9.97. The van der Waals surface area contributed by atoms with Crippen molar-refractivity contribution in [2.24, 2.45) is 0 Å². The minimum atomic E-state index is -0.370. The molecule has 4 aromatic rings. The summed E-state index contributed by atoms with van der Waals surface area (Å²) in [7, 11) is 1.59. The van der Waals surface area contributed by atoms with Gasteiger partial charge in [0.15, 0.2) is 0 Å². The van der Waals surface area contributed by atoms with Gasteiger partial charge in [-0.05, 0) is 29.7 Å². The van der Waals surface area contributed by atoms with Crippen molar-refractivity contribution in [1.82, 2.24) is 20.1 Å². The maximum Gasteiger partial charge on any atom is 0.234 e. The number of hydrogen-bond donors (Lipinski definition) is 1. The van der Waals surface area contributed by atoms with E-state index in [4.69, 9.17) is 9.15 Å². The number of methoxy groups -OCH3 is 1. The van der Waals surface area contributed by atoms with E-state index in [2.05, 4.69) is 15.4 Å². The number of rotatable bonds is 5. The number of hydrogen-bond acceptors (Lipinski definition) is 6. The molecule has 5 rings (SSSR count). The van der Waals surface area contributed by atoms with E-state index in [1.165, 1.54) is 0 Å². The Morgan fingerprint density at radius 1 is 1.23 bits per heavy atom. The lowest BCUT2D eigenvalue weighted by atomic mass is 9.90. The maximum atomic E-state index is 12.2. The van der Waals surface area contributed by atoms with Crippen molar-refractivity contribution >= 4 is 22.8 Å². The highest BCUT2D eigenvalue weighted by Gasteiger charge is 2.30. The van der Waals surface area contributed by atoms with E-state index < -0.39 is 0 Å². The fraction of sp³-hybridized carbons (Fsp3) is 0.217. The van der Waals surface area contributed by atoms with Crippen LogP contribution in [-0.2, 0) is 16.1 Å². The van der Waals surface area contributed by atoms with Gasteiger partial charge in [0, 0.05) is 41.4 Å². The van der Waals surface area contributed by atoms with Gasteiger partial charge in [-0.2, -0.15) is 5.10 Å². The summed E-state index contributed by atoms with van der Waals surface area (Å²) in [6.45, 7) is 0.599. The predicted molar refractivity (Wildman–Crippen MR) is 112 cm³/mol. The Kier molecular flexibility index (Phi) is 4.74. The van der Waals surface area contributed by atoms with Gasteiger partial charge in [0.05, 0.1) is 32.0 Å². The average Bonchev–Trinajstić information content (AvgIpc) is 3.41. The number of carbonyl (C=O) groups is 2. The lowest BCUT2D eigenvalue weighted by molar-refractivity contribution is -0.134. The molecule has 1 aromatic carbocycles. The summed E-state index contributed by atoms with van der Waals surface area (Å²) in [6.07, 6.45) is 7.94. The van der Waals surface area contributed by atoms with Crippen molar-refractivity contribution in [2.45, 2.75) is 25.3 Å². The zero-order chi connectivity index (χ0) is 21.4. The quantitative estimate of drug-likeness (QED) is 0.501. The summed E-state index contributed by atoms with van der Waals surface area (Å²) in [4.78, 5) is 27.8. The SMILES string of the molecule is COc1cc(Cn2cc(-c3ccc4c(C5CCC(=O)NC5=O)coc4c3)cn2)ccn1. The summed E-state index contributed by atoms with van der Waals surface area (Å²) in [5.41, 5.74) is 4.48. The lowest BCUT2D eigenvalue weighted by Crippen LogP contribution is -2.39. The number of pyridine rings is 1. The van der Waals surface area contributed by atoms with E-state index in [-0.39, 0.29) is 17.7 Å². The second-order valence-corrected chi connectivity index (χ2v) is 7.54. The minimum Gasteiger partial charge on any atom is -0.481 e. The summed E-state index contributed by atoms with van der Waals surface area (Å²) >= 11 is 0. The first kappa shape index (κ1) is 19.0. The molecule has 3 aromatic heterocycles. The number of nitrogens with zero attached hydrogens (tertiary/aromatic N) is 3. The Hall–Kier alpha value is -3.94. The number of benzene rings is 1. The van der Waals surface area contributed by atoms with Gasteiger partial charge in [-0.1, -0.05) is 12.1 Å². The van der Waals surface area contributed by atoms with E-state index in [1.807, 2.05) is 47.4 Å². The summed E-state index contributed by atoms with van der Waals surface area (Å²) in [6, 6.07) is 9.70. The molecule has 1 atom stereocenters. The molecule has 0 aliphatic carbocycles. The number of aromatic nitrogens is 3. The van der Waals surface area contributed by atoms with Gasteiger partial charge in [-0.25, -0.2) is 4.98 Å². The number of nitrogens with one attached hydrogen (secondary N) is 1. The van der Waals surface area contributed by atoms with Gasteiger partial charge in [0.1, 0.15) is 5.58 Å². The van der Waals surface area contributed by atoms with Gasteiger partial charge in [0.2, 0.25) is 17.7 Å². The topological polar surface area (TPSA) is 99.2 Å². The van der Waals surface area contributed by atoms with Gasteiger partial charge in [-0.3, -0.25) is 19.6 Å². The van der Waals surface area contributed by atoms with Crippen LogP contribution in [-0.4, -0.2) is 33.7 Å². The molecule has 1 aliphatic heterocycles. The summed E-state index contributed by atoms with van der Waals surface area (Å²) < 4.78 is 12.8. The van der Waals surface area contributed by atoms with Crippen LogP contribution in [0.3, 0.4) is 0 Å². The molecule has 0 radical (unpaired) electrons. The fourth-order valence-corrected chi connectivity index (χ4v) is 3.94. The third kappa shape index (κ3) is 3.68. The Morgan fingerprint density at radius 2 is 2.13 bits per heavy atom. The summed E-state index contributed by atoms with van der Waals surface area (Å²) in [5, 5.41) is 7.75. The van der Waals surface area contributed by atoms with Crippen molar-refractivity contribution in [2.75, 3.05) is 7.11 Å². The number of carbonyl (C=O) groups excluding carboxylic acids is 2. The molecule has 8 nitrogen and oxygen atoms in total. The molecule has 0 spiro atoms. The molecule has 1 unspecified atom stereocenters. The number of furan rings is 1. The Labute approximate surface area is 177 Å². The molecule has 1 fully saturated rings. The molecule has 1 saturated heterocycles. The monoisotopic (exact) mass is 416 g/mol. The van der Waals surface area contributed by atoms with Gasteiger partial charge in [0.25, 0.3) is 0 Å². The normalized spacial score (nSPS) is 16.5. The van der Waals surface area contributed by atoms with E-state index in [1.54, 1.807) is 19.6 Å². The largest absolute Gasteiger partial charge is 0.481 e. The van der Waals surface area contributed by atoms with Crippen LogP contribution < -0.4 is 10.1 Å². The highest BCUT2D eigenvalue weighted by molar-refractivity contribution is 6.02. The Bertz CT molecular complexity index is 1290. The standard InChI is InChI=1S/C23H20N4O4/c1-30-22-8-14(6-7-24-22)11-27-12-16(10-25-27)15-2-3-17-19(13-31-20(17)9-15)18-4-5-21(28)26-23(18)29/h2-3,6-10,12-13,18H,4-5,11H2,1H3,(H,26,28,29). The predicted octanol–water partition coefficient (Wildman–Crippen LogP) is 3.27. The van der Waals surface area contributed by atoms with Crippen molar-refractivity contribution in [1.29, 1.82) is 0 Å².